The van der Waals surface area contributed by atoms with Crippen molar-refractivity contribution in [1.82, 2.24) is 14.8 Å². The molecule has 1 fully saturated rings. The smallest absolute Gasteiger partial charge is 0.257 e. The standard InChI is InChI=1S/C12H15ClFN3O/c1-2-16-3-5-17(6-4-16)12(18)10-7-9(14)8-15-11(10)13/h7-8H,2-6H2,1H3. The lowest BCUT2D eigenvalue weighted by Gasteiger charge is -2.34. The van der Waals surface area contributed by atoms with Crippen LogP contribution in [0.15, 0.2) is 12.3 Å². The number of carbonyl (C=O) groups excluding carboxylic acids is 1. The van der Waals surface area contributed by atoms with Crippen molar-refractivity contribution in [1.29, 1.82) is 0 Å². The van der Waals surface area contributed by atoms with Gasteiger partial charge in [0.2, 0.25) is 0 Å². The van der Waals surface area contributed by atoms with Gasteiger partial charge >= 0.3 is 0 Å². The van der Waals surface area contributed by atoms with E-state index in [0.29, 0.717) is 13.1 Å². The molecule has 98 valence electrons. The van der Waals surface area contributed by atoms with Gasteiger partial charge < -0.3 is 9.80 Å². The molecule has 0 spiro atoms. The molecule has 2 heterocycles. The van der Waals surface area contributed by atoms with E-state index < -0.39 is 5.82 Å². The molecule has 0 aliphatic carbocycles. The number of hydrogen-bond acceptors (Lipinski definition) is 3. The van der Waals surface area contributed by atoms with Crippen LogP contribution in [0.2, 0.25) is 5.15 Å². The molecule has 2 rings (SSSR count). The highest BCUT2D eigenvalue weighted by molar-refractivity contribution is 6.32. The Bertz CT molecular complexity index is 447. The first-order valence-electron chi connectivity index (χ1n) is 5.94. The lowest BCUT2D eigenvalue weighted by molar-refractivity contribution is 0.0642. The molecule has 0 saturated carbocycles. The fourth-order valence-electron chi connectivity index (χ4n) is 2.01. The molecule has 1 aromatic heterocycles. The third-order valence-electron chi connectivity index (χ3n) is 3.14. The first-order valence-corrected chi connectivity index (χ1v) is 6.32. The van der Waals surface area contributed by atoms with E-state index >= 15 is 0 Å². The summed E-state index contributed by atoms with van der Waals surface area (Å²) in [5.41, 5.74) is 0.140. The summed E-state index contributed by atoms with van der Waals surface area (Å²) in [6, 6.07) is 1.14. The predicted molar refractivity (Wildman–Crippen MR) is 67.2 cm³/mol. The minimum Gasteiger partial charge on any atom is -0.336 e. The maximum atomic E-state index is 13.1. The number of aromatic nitrogens is 1. The van der Waals surface area contributed by atoms with Crippen LogP contribution in [-0.2, 0) is 0 Å². The zero-order valence-corrected chi connectivity index (χ0v) is 11.0. The maximum Gasteiger partial charge on any atom is 0.257 e. The number of rotatable bonds is 2. The van der Waals surface area contributed by atoms with E-state index in [1.54, 1.807) is 4.90 Å². The molecule has 1 saturated heterocycles. The van der Waals surface area contributed by atoms with Crippen LogP contribution in [0.1, 0.15) is 17.3 Å². The summed E-state index contributed by atoms with van der Waals surface area (Å²) in [4.78, 5) is 19.8. The molecule has 1 aromatic rings. The van der Waals surface area contributed by atoms with Crippen LogP contribution in [-0.4, -0.2) is 53.4 Å². The molecule has 1 aliphatic rings. The summed E-state index contributed by atoms with van der Waals surface area (Å²) in [7, 11) is 0. The van der Waals surface area contributed by atoms with Crippen molar-refractivity contribution in [3.8, 4) is 0 Å². The second-order valence-corrected chi connectivity index (χ2v) is 4.58. The normalized spacial score (nSPS) is 16.9. The van der Waals surface area contributed by atoms with E-state index in [9.17, 15) is 9.18 Å². The van der Waals surface area contributed by atoms with Crippen LogP contribution in [0.25, 0.3) is 0 Å². The number of pyridine rings is 1. The van der Waals surface area contributed by atoms with E-state index in [1.807, 2.05) is 0 Å². The van der Waals surface area contributed by atoms with E-state index in [4.69, 9.17) is 11.6 Å². The van der Waals surface area contributed by atoms with Gasteiger partial charge in [-0.2, -0.15) is 0 Å². The molecule has 4 nitrogen and oxygen atoms in total. The minimum atomic E-state index is -0.546. The lowest BCUT2D eigenvalue weighted by Crippen LogP contribution is -2.48. The number of carbonyl (C=O) groups is 1. The average Bonchev–Trinajstić information content (AvgIpc) is 2.41. The van der Waals surface area contributed by atoms with Gasteiger partial charge in [-0.25, -0.2) is 9.37 Å². The number of hydrogen-bond donors (Lipinski definition) is 0. The Hall–Kier alpha value is -1.20. The van der Waals surface area contributed by atoms with Crippen LogP contribution in [0, 0.1) is 5.82 Å². The fourth-order valence-corrected chi connectivity index (χ4v) is 2.19. The second-order valence-electron chi connectivity index (χ2n) is 4.22. The van der Waals surface area contributed by atoms with Gasteiger partial charge in [-0.3, -0.25) is 4.79 Å². The summed E-state index contributed by atoms with van der Waals surface area (Å²) < 4.78 is 13.1. The number of amides is 1. The summed E-state index contributed by atoms with van der Waals surface area (Å²) >= 11 is 5.83. The molecule has 18 heavy (non-hydrogen) atoms. The molecule has 0 bridgehead atoms. The third kappa shape index (κ3) is 2.79. The molecule has 0 N–H and O–H groups in total. The van der Waals surface area contributed by atoms with E-state index in [-0.39, 0.29) is 16.6 Å². The van der Waals surface area contributed by atoms with Gasteiger partial charge in [0, 0.05) is 26.2 Å². The Labute approximate surface area is 110 Å². The van der Waals surface area contributed by atoms with E-state index in [0.717, 1.165) is 31.9 Å². The quantitative estimate of drug-likeness (QED) is 0.768. The van der Waals surface area contributed by atoms with Gasteiger partial charge in [0.15, 0.2) is 0 Å². The second kappa shape index (κ2) is 5.63. The van der Waals surface area contributed by atoms with Crippen molar-refractivity contribution >= 4 is 17.5 Å². The van der Waals surface area contributed by atoms with Crippen LogP contribution < -0.4 is 0 Å². The van der Waals surface area contributed by atoms with Crippen LogP contribution in [0.5, 0.6) is 0 Å². The molecule has 0 radical (unpaired) electrons. The Morgan fingerprint density at radius 2 is 2.11 bits per heavy atom. The molecule has 1 aliphatic heterocycles. The topological polar surface area (TPSA) is 36.4 Å². The highest BCUT2D eigenvalue weighted by Crippen LogP contribution is 2.17. The van der Waals surface area contributed by atoms with Gasteiger partial charge in [-0.15, -0.1) is 0 Å². The molecule has 6 heteroatoms. The van der Waals surface area contributed by atoms with Crippen molar-refractivity contribution in [3.63, 3.8) is 0 Å². The predicted octanol–water partition coefficient (Wildman–Crippen LogP) is 1.65. The monoisotopic (exact) mass is 271 g/mol. The van der Waals surface area contributed by atoms with Crippen molar-refractivity contribution in [2.75, 3.05) is 32.7 Å². The Morgan fingerprint density at radius 1 is 1.44 bits per heavy atom. The first kappa shape index (κ1) is 13.2. The number of halogens is 2. The SMILES string of the molecule is CCN1CCN(C(=O)c2cc(F)cnc2Cl)CC1. The van der Waals surface area contributed by atoms with Crippen molar-refractivity contribution in [2.45, 2.75) is 6.92 Å². The highest BCUT2D eigenvalue weighted by Gasteiger charge is 2.23. The summed E-state index contributed by atoms with van der Waals surface area (Å²) in [5.74, 6) is -0.794. The Morgan fingerprint density at radius 3 is 2.72 bits per heavy atom. The molecule has 1 amide bonds. The first-order chi connectivity index (χ1) is 8.61. The zero-order valence-electron chi connectivity index (χ0n) is 10.2. The molecular weight excluding hydrogens is 257 g/mol. The van der Waals surface area contributed by atoms with Crippen molar-refractivity contribution in [3.05, 3.63) is 28.8 Å². The molecular formula is C12H15ClFN3O. The molecule has 0 unspecified atom stereocenters. The summed E-state index contributed by atoms with van der Waals surface area (Å²) in [6.45, 7) is 6.01. The van der Waals surface area contributed by atoms with E-state index in [1.165, 1.54) is 0 Å². The fraction of sp³-hybridized carbons (Fsp3) is 0.500. The number of piperazine rings is 1. The molecule has 0 atom stereocenters. The van der Waals surface area contributed by atoms with Gasteiger partial charge in [0.05, 0.1) is 11.8 Å². The Balaban J connectivity index is 2.10. The van der Waals surface area contributed by atoms with Gasteiger partial charge in [-0.05, 0) is 12.6 Å². The zero-order chi connectivity index (χ0) is 13.1. The average molecular weight is 272 g/mol. The molecule has 0 aromatic carbocycles. The van der Waals surface area contributed by atoms with Crippen LogP contribution >= 0.6 is 11.6 Å². The highest BCUT2D eigenvalue weighted by atomic mass is 35.5. The minimum absolute atomic E-state index is 0.0549. The van der Waals surface area contributed by atoms with Gasteiger partial charge in [0.25, 0.3) is 5.91 Å². The summed E-state index contributed by atoms with van der Waals surface area (Å²) in [5, 5.41) is 0.0549. The van der Waals surface area contributed by atoms with Crippen LogP contribution in [0.4, 0.5) is 4.39 Å². The number of likely N-dealkylation sites (N-methyl/N-ethyl adjacent to an activating group) is 1. The van der Waals surface area contributed by atoms with Gasteiger partial charge in [-0.1, -0.05) is 18.5 Å². The third-order valence-corrected chi connectivity index (χ3v) is 3.44. The van der Waals surface area contributed by atoms with Crippen LogP contribution in [0.3, 0.4) is 0 Å². The van der Waals surface area contributed by atoms with Crippen molar-refractivity contribution in [2.24, 2.45) is 0 Å². The largest absolute Gasteiger partial charge is 0.336 e. The number of nitrogens with zero attached hydrogens (tertiary/aromatic N) is 3. The summed E-state index contributed by atoms with van der Waals surface area (Å²) in [6.07, 6.45) is 1.01. The lowest BCUT2D eigenvalue weighted by atomic mass is 10.2. The Kier molecular flexibility index (Phi) is 4.14. The maximum absolute atomic E-state index is 13.1. The van der Waals surface area contributed by atoms with Crippen molar-refractivity contribution < 1.29 is 9.18 Å². The van der Waals surface area contributed by atoms with E-state index in [2.05, 4.69) is 16.8 Å². The van der Waals surface area contributed by atoms with Gasteiger partial charge in [0.1, 0.15) is 11.0 Å².